The molecule has 3 heteroatoms. The first-order chi connectivity index (χ1) is 8.18. The maximum atomic E-state index is 6.53. The summed E-state index contributed by atoms with van der Waals surface area (Å²) < 4.78 is 11.6. The normalized spacial score (nSPS) is 40.4. The fourth-order valence-electron chi connectivity index (χ4n) is 3.63. The summed E-state index contributed by atoms with van der Waals surface area (Å²) in [7, 11) is 0. The van der Waals surface area contributed by atoms with E-state index in [1.807, 2.05) is 0 Å². The van der Waals surface area contributed by atoms with Crippen molar-refractivity contribution in [1.82, 2.24) is 0 Å². The predicted molar refractivity (Wildman–Crippen MR) is 68.9 cm³/mol. The maximum absolute atomic E-state index is 6.53. The maximum Gasteiger partial charge on any atom is 0.0838 e. The molecule has 0 amide bonds. The Morgan fingerprint density at radius 3 is 2.88 bits per heavy atom. The van der Waals surface area contributed by atoms with Gasteiger partial charge in [-0.2, -0.15) is 0 Å². The van der Waals surface area contributed by atoms with E-state index >= 15 is 0 Å². The van der Waals surface area contributed by atoms with Crippen molar-refractivity contribution in [2.45, 2.75) is 57.6 Å². The van der Waals surface area contributed by atoms with Gasteiger partial charge in [0.1, 0.15) is 0 Å². The van der Waals surface area contributed by atoms with Crippen molar-refractivity contribution in [1.29, 1.82) is 0 Å². The van der Waals surface area contributed by atoms with Gasteiger partial charge in [-0.15, -0.1) is 0 Å². The van der Waals surface area contributed by atoms with Crippen molar-refractivity contribution in [3.8, 4) is 0 Å². The zero-order valence-corrected chi connectivity index (χ0v) is 11.3. The Balaban J connectivity index is 2.08. The molecule has 0 aromatic heterocycles. The summed E-state index contributed by atoms with van der Waals surface area (Å²) in [6.07, 6.45) is 5.93. The van der Waals surface area contributed by atoms with E-state index in [9.17, 15) is 0 Å². The lowest BCUT2D eigenvalue weighted by molar-refractivity contribution is -0.104. The molecular weight excluding hydrogens is 214 g/mol. The van der Waals surface area contributed by atoms with Gasteiger partial charge < -0.3 is 15.2 Å². The summed E-state index contributed by atoms with van der Waals surface area (Å²) in [4.78, 5) is 0. The molecule has 0 aromatic carbocycles. The molecular formula is C14H27NO2. The van der Waals surface area contributed by atoms with Crippen LogP contribution in [-0.2, 0) is 9.47 Å². The van der Waals surface area contributed by atoms with Crippen molar-refractivity contribution in [2.24, 2.45) is 17.6 Å². The summed E-state index contributed by atoms with van der Waals surface area (Å²) in [6, 6.07) is 0.146. The van der Waals surface area contributed by atoms with Gasteiger partial charge in [0.15, 0.2) is 0 Å². The van der Waals surface area contributed by atoms with Gasteiger partial charge in [-0.25, -0.2) is 0 Å². The fourth-order valence-corrected chi connectivity index (χ4v) is 3.63. The summed E-state index contributed by atoms with van der Waals surface area (Å²) in [5.74, 6) is 1.23. The lowest BCUT2D eigenvalue weighted by Gasteiger charge is -2.45. The van der Waals surface area contributed by atoms with Crippen LogP contribution in [0.2, 0.25) is 0 Å². The zero-order chi connectivity index (χ0) is 12.3. The molecule has 2 rings (SSSR count). The van der Waals surface area contributed by atoms with Crippen molar-refractivity contribution in [2.75, 3.05) is 19.8 Å². The summed E-state index contributed by atoms with van der Waals surface area (Å²) in [5.41, 5.74) is 6.45. The van der Waals surface area contributed by atoms with Crippen LogP contribution in [0.1, 0.15) is 46.0 Å². The van der Waals surface area contributed by atoms with Crippen LogP contribution in [0.4, 0.5) is 0 Å². The number of hydrogen-bond acceptors (Lipinski definition) is 3. The molecule has 1 saturated carbocycles. The Hall–Kier alpha value is -0.120. The highest BCUT2D eigenvalue weighted by Gasteiger charge is 2.44. The third kappa shape index (κ3) is 2.83. The number of ether oxygens (including phenoxy) is 2. The standard InChI is InChI=1S/C14H27NO2/c1-3-17-14(7-4-5-11(2)9-14)13(15)12-6-8-16-10-12/h11-13H,3-10,15H2,1-2H3. The molecule has 4 atom stereocenters. The van der Waals surface area contributed by atoms with Crippen LogP contribution >= 0.6 is 0 Å². The highest BCUT2D eigenvalue weighted by atomic mass is 16.5. The third-order valence-electron chi connectivity index (χ3n) is 4.50. The Kier molecular flexibility index (Phi) is 4.45. The van der Waals surface area contributed by atoms with Gasteiger partial charge in [-0.1, -0.05) is 19.8 Å². The zero-order valence-electron chi connectivity index (χ0n) is 11.3. The summed E-state index contributed by atoms with van der Waals surface area (Å²) in [5, 5.41) is 0. The number of nitrogens with two attached hydrogens (primary N) is 1. The molecule has 1 aliphatic carbocycles. The molecule has 4 unspecified atom stereocenters. The highest BCUT2D eigenvalue weighted by Crippen LogP contribution is 2.40. The topological polar surface area (TPSA) is 44.5 Å². The summed E-state index contributed by atoms with van der Waals surface area (Å²) >= 11 is 0. The SMILES string of the molecule is CCOC1(C(N)C2CCOC2)CCCC(C)C1. The molecule has 100 valence electrons. The lowest BCUT2D eigenvalue weighted by atomic mass is 9.71. The van der Waals surface area contributed by atoms with Gasteiger partial charge in [-0.05, 0) is 32.1 Å². The van der Waals surface area contributed by atoms with Gasteiger partial charge in [0, 0.05) is 25.2 Å². The van der Waals surface area contributed by atoms with E-state index in [4.69, 9.17) is 15.2 Å². The predicted octanol–water partition coefficient (Wildman–Crippen LogP) is 2.34. The number of rotatable bonds is 4. The molecule has 1 saturated heterocycles. The van der Waals surface area contributed by atoms with Crippen molar-refractivity contribution >= 4 is 0 Å². The highest BCUT2D eigenvalue weighted by molar-refractivity contribution is 4.99. The van der Waals surface area contributed by atoms with Crippen LogP contribution in [0.15, 0.2) is 0 Å². The van der Waals surface area contributed by atoms with Crippen LogP contribution in [-0.4, -0.2) is 31.5 Å². The minimum Gasteiger partial charge on any atom is -0.381 e. The van der Waals surface area contributed by atoms with Crippen molar-refractivity contribution in [3.63, 3.8) is 0 Å². The second kappa shape index (κ2) is 5.68. The van der Waals surface area contributed by atoms with E-state index in [1.165, 1.54) is 12.8 Å². The molecule has 0 bridgehead atoms. The van der Waals surface area contributed by atoms with Gasteiger partial charge in [0.2, 0.25) is 0 Å². The van der Waals surface area contributed by atoms with Gasteiger partial charge in [0.25, 0.3) is 0 Å². The van der Waals surface area contributed by atoms with Crippen LogP contribution < -0.4 is 5.73 Å². The Bertz CT molecular complexity index is 236. The average molecular weight is 241 g/mol. The van der Waals surface area contributed by atoms with Gasteiger partial charge in [-0.3, -0.25) is 0 Å². The molecule has 1 aliphatic heterocycles. The molecule has 17 heavy (non-hydrogen) atoms. The van der Waals surface area contributed by atoms with E-state index < -0.39 is 0 Å². The largest absolute Gasteiger partial charge is 0.381 e. The number of hydrogen-bond donors (Lipinski definition) is 1. The Morgan fingerprint density at radius 2 is 2.29 bits per heavy atom. The first-order valence-electron chi connectivity index (χ1n) is 7.15. The average Bonchev–Trinajstić information content (AvgIpc) is 2.81. The first kappa shape index (κ1) is 13.3. The Labute approximate surface area is 105 Å². The van der Waals surface area contributed by atoms with Crippen LogP contribution in [0.25, 0.3) is 0 Å². The molecule has 3 nitrogen and oxygen atoms in total. The molecule has 0 aromatic rings. The fraction of sp³-hybridized carbons (Fsp3) is 1.00. The molecule has 1 heterocycles. The van der Waals surface area contributed by atoms with E-state index in [-0.39, 0.29) is 11.6 Å². The second-order valence-electron chi connectivity index (χ2n) is 5.85. The summed E-state index contributed by atoms with van der Waals surface area (Å²) in [6.45, 7) is 6.87. The Morgan fingerprint density at radius 1 is 1.47 bits per heavy atom. The smallest absolute Gasteiger partial charge is 0.0838 e. The lowest BCUT2D eigenvalue weighted by Crippen LogP contribution is -2.56. The monoisotopic (exact) mass is 241 g/mol. The van der Waals surface area contributed by atoms with Crippen molar-refractivity contribution < 1.29 is 9.47 Å². The van der Waals surface area contributed by atoms with Crippen LogP contribution in [0, 0.1) is 11.8 Å². The van der Waals surface area contributed by atoms with Gasteiger partial charge in [0.05, 0.1) is 12.2 Å². The van der Waals surface area contributed by atoms with Crippen LogP contribution in [0.5, 0.6) is 0 Å². The van der Waals surface area contributed by atoms with E-state index in [2.05, 4.69) is 13.8 Å². The first-order valence-corrected chi connectivity index (χ1v) is 7.15. The molecule has 2 fully saturated rings. The molecule has 2 aliphatic rings. The minimum absolute atomic E-state index is 0.0786. The second-order valence-corrected chi connectivity index (χ2v) is 5.85. The molecule has 0 radical (unpaired) electrons. The van der Waals surface area contributed by atoms with E-state index in [0.29, 0.717) is 5.92 Å². The third-order valence-corrected chi connectivity index (χ3v) is 4.50. The van der Waals surface area contributed by atoms with E-state index in [1.54, 1.807) is 0 Å². The van der Waals surface area contributed by atoms with Crippen molar-refractivity contribution in [3.05, 3.63) is 0 Å². The van der Waals surface area contributed by atoms with Crippen LogP contribution in [0.3, 0.4) is 0 Å². The van der Waals surface area contributed by atoms with E-state index in [0.717, 1.165) is 45.0 Å². The molecule has 2 N–H and O–H groups in total. The van der Waals surface area contributed by atoms with Gasteiger partial charge >= 0.3 is 0 Å². The molecule has 0 spiro atoms. The minimum atomic E-state index is -0.0786. The quantitative estimate of drug-likeness (QED) is 0.821.